The molecule has 0 aliphatic carbocycles. The van der Waals surface area contributed by atoms with Crippen LogP contribution < -0.4 is 5.32 Å². The monoisotopic (exact) mass is 256 g/mol. The van der Waals surface area contributed by atoms with Gasteiger partial charge < -0.3 is 5.32 Å². The van der Waals surface area contributed by atoms with Crippen LogP contribution in [-0.4, -0.2) is 20.1 Å². The molecule has 2 aromatic heterocycles. The van der Waals surface area contributed by atoms with Crippen molar-refractivity contribution in [2.24, 2.45) is 0 Å². The zero-order valence-electron chi connectivity index (χ0n) is 9.65. The molecule has 0 saturated carbocycles. The normalized spacial score (nSPS) is 9.63. The predicted molar refractivity (Wildman–Crippen MR) is 65.0 cm³/mol. The SMILES string of the molecule is N#Cc1ccnc(NCc2cccnn2)c1[N+](=O)[O-]. The average molecular weight is 256 g/mol. The molecule has 0 bridgehead atoms. The highest BCUT2D eigenvalue weighted by Crippen LogP contribution is 2.25. The molecule has 0 aromatic carbocycles. The second-order valence-corrected chi connectivity index (χ2v) is 3.49. The van der Waals surface area contributed by atoms with Crippen LogP contribution in [0.4, 0.5) is 11.5 Å². The van der Waals surface area contributed by atoms with E-state index in [1.807, 2.05) is 0 Å². The first-order valence-corrected chi connectivity index (χ1v) is 5.26. The Morgan fingerprint density at radius 3 is 2.89 bits per heavy atom. The van der Waals surface area contributed by atoms with Crippen molar-refractivity contribution in [3.05, 3.63) is 52.0 Å². The van der Waals surface area contributed by atoms with Gasteiger partial charge in [-0.2, -0.15) is 15.5 Å². The van der Waals surface area contributed by atoms with Crippen molar-refractivity contribution in [3.63, 3.8) is 0 Å². The first kappa shape index (κ1) is 12.4. The van der Waals surface area contributed by atoms with E-state index in [0.717, 1.165) is 0 Å². The smallest absolute Gasteiger partial charge is 0.328 e. The number of hydrogen-bond acceptors (Lipinski definition) is 7. The molecule has 0 spiro atoms. The van der Waals surface area contributed by atoms with Gasteiger partial charge in [0.05, 0.1) is 17.2 Å². The van der Waals surface area contributed by atoms with Crippen LogP contribution in [-0.2, 0) is 6.54 Å². The summed E-state index contributed by atoms with van der Waals surface area (Å²) in [5, 5.41) is 30.1. The van der Waals surface area contributed by atoms with E-state index in [1.54, 1.807) is 18.2 Å². The number of nitro groups is 1. The number of nitrogens with zero attached hydrogens (tertiary/aromatic N) is 5. The molecule has 0 fully saturated rings. The van der Waals surface area contributed by atoms with Crippen molar-refractivity contribution >= 4 is 11.5 Å². The highest BCUT2D eigenvalue weighted by Gasteiger charge is 2.20. The van der Waals surface area contributed by atoms with E-state index >= 15 is 0 Å². The second-order valence-electron chi connectivity index (χ2n) is 3.49. The topological polar surface area (TPSA) is 118 Å². The molecule has 2 rings (SSSR count). The van der Waals surface area contributed by atoms with E-state index in [-0.39, 0.29) is 23.6 Å². The minimum atomic E-state index is -0.634. The average Bonchev–Trinajstić information content (AvgIpc) is 2.45. The maximum atomic E-state index is 11.0. The van der Waals surface area contributed by atoms with Crippen molar-refractivity contribution in [2.75, 3.05) is 5.32 Å². The van der Waals surface area contributed by atoms with Gasteiger partial charge >= 0.3 is 5.69 Å². The summed E-state index contributed by atoms with van der Waals surface area (Å²) in [5.41, 5.74) is 0.233. The van der Waals surface area contributed by atoms with Gasteiger partial charge in [-0.15, -0.1) is 0 Å². The Labute approximate surface area is 107 Å². The van der Waals surface area contributed by atoms with Crippen LogP contribution >= 0.6 is 0 Å². The zero-order chi connectivity index (χ0) is 13.7. The summed E-state index contributed by atoms with van der Waals surface area (Å²) in [6, 6.07) is 6.49. The largest absolute Gasteiger partial charge is 0.359 e. The van der Waals surface area contributed by atoms with Gasteiger partial charge in [-0.3, -0.25) is 10.1 Å². The molecule has 0 amide bonds. The Bertz CT molecular complexity index is 637. The van der Waals surface area contributed by atoms with Gasteiger partial charge in [0.1, 0.15) is 11.6 Å². The molecule has 0 aliphatic heterocycles. The number of anilines is 1. The van der Waals surface area contributed by atoms with E-state index in [2.05, 4.69) is 20.5 Å². The number of pyridine rings is 1. The Balaban J connectivity index is 2.26. The molecule has 1 N–H and O–H groups in total. The second kappa shape index (κ2) is 5.50. The summed E-state index contributed by atoms with van der Waals surface area (Å²) < 4.78 is 0. The number of nitriles is 1. The van der Waals surface area contributed by atoms with Crippen molar-refractivity contribution in [1.82, 2.24) is 15.2 Å². The van der Waals surface area contributed by atoms with Crippen LogP contribution in [0.25, 0.3) is 0 Å². The molecule has 2 aromatic rings. The third-order valence-corrected chi connectivity index (χ3v) is 2.29. The first-order valence-electron chi connectivity index (χ1n) is 5.26. The quantitative estimate of drug-likeness (QED) is 0.646. The van der Waals surface area contributed by atoms with Gasteiger partial charge in [0.2, 0.25) is 5.82 Å². The molecule has 0 unspecified atom stereocenters. The van der Waals surface area contributed by atoms with Gasteiger partial charge in [-0.25, -0.2) is 4.98 Å². The summed E-state index contributed by atoms with van der Waals surface area (Å²) in [6.07, 6.45) is 2.87. The summed E-state index contributed by atoms with van der Waals surface area (Å²) >= 11 is 0. The van der Waals surface area contributed by atoms with Crippen molar-refractivity contribution < 1.29 is 4.92 Å². The van der Waals surface area contributed by atoms with E-state index in [9.17, 15) is 10.1 Å². The number of rotatable bonds is 4. The Morgan fingerprint density at radius 1 is 1.42 bits per heavy atom. The molecule has 0 aliphatic rings. The number of aromatic nitrogens is 3. The maximum absolute atomic E-state index is 11.0. The van der Waals surface area contributed by atoms with Crippen LogP contribution in [0.2, 0.25) is 0 Å². The van der Waals surface area contributed by atoms with Gasteiger partial charge in [-0.05, 0) is 18.2 Å². The van der Waals surface area contributed by atoms with E-state index in [0.29, 0.717) is 5.69 Å². The van der Waals surface area contributed by atoms with Crippen LogP contribution in [0.3, 0.4) is 0 Å². The van der Waals surface area contributed by atoms with E-state index in [4.69, 9.17) is 5.26 Å². The minimum Gasteiger partial charge on any atom is -0.359 e. The summed E-state index contributed by atoms with van der Waals surface area (Å²) in [4.78, 5) is 14.2. The van der Waals surface area contributed by atoms with Crippen LogP contribution in [0.1, 0.15) is 11.3 Å². The first-order chi connectivity index (χ1) is 9.22. The fraction of sp³-hybridized carbons (Fsp3) is 0.0909. The van der Waals surface area contributed by atoms with Crippen LogP contribution in [0.15, 0.2) is 30.6 Å². The predicted octanol–water partition coefficient (Wildman–Crippen LogP) is 1.26. The fourth-order valence-electron chi connectivity index (χ4n) is 1.46. The lowest BCUT2D eigenvalue weighted by atomic mass is 10.2. The Hall–Kier alpha value is -3.08. The van der Waals surface area contributed by atoms with E-state index in [1.165, 1.54) is 18.5 Å². The van der Waals surface area contributed by atoms with Crippen molar-refractivity contribution in [1.29, 1.82) is 5.26 Å². The molecule has 94 valence electrons. The molecular weight excluding hydrogens is 248 g/mol. The summed E-state index contributed by atoms with van der Waals surface area (Å²) in [7, 11) is 0. The maximum Gasteiger partial charge on any atom is 0.328 e. The highest BCUT2D eigenvalue weighted by molar-refractivity contribution is 5.64. The van der Waals surface area contributed by atoms with Gasteiger partial charge in [0.15, 0.2) is 0 Å². The number of nitrogens with one attached hydrogen (secondary N) is 1. The molecule has 8 nitrogen and oxygen atoms in total. The fourth-order valence-corrected chi connectivity index (χ4v) is 1.46. The van der Waals surface area contributed by atoms with Crippen molar-refractivity contribution in [3.8, 4) is 6.07 Å². The minimum absolute atomic E-state index is 0.0368. The summed E-state index contributed by atoms with van der Waals surface area (Å²) in [6.45, 7) is 0.233. The standard InChI is InChI=1S/C11H8N6O2/c12-6-8-3-5-13-11(10(8)17(18)19)14-7-9-2-1-4-15-16-9/h1-5H,7H2,(H,13,14). The molecule has 19 heavy (non-hydrogen) atoms. The Kier molecular flexibility index (Phi) is 3.59. The van der Waals surface area contributed by atoms with Crippen LogP contribution in [0.5, 0.6) is 0 Å². The van der Waals surface area contributed by atoms with E-state index < -0.39 is 4.92 Å². The third kappa shape index (κ3) is 2.78. The lowest BCUT2D eigenvalue weighted by Crippen LogP contribution is -2.07. The van der Waals surface area contributed by atoms with Gasteiger partial charge in [0, 0.05) is 12.4 Å². The third-order valence-electron chi connectivity index (χ3n) is 2.29. The molecule has 0 atom stereocenters. The lowest BCUT2D eigenvalue weighted by Gasteiger charge is -2.05. The summed E-state index contributed by atoms with van der Waals surface area (Å²) in [5.74, 6) is 0.0368. The van der Waals surface area contributed by atoms with Crippen LogP contribution in [0, 0.1) is 21.4 Å². The van der Waals surface area contributed by atoms with Gasteiger partial charge in [0.25, 0.3) is 0 Å². The lowest BCUT2D eigenvalue weighted by molar-refractivity contribution is -0.384. The molecule has 0 saturated heterocycles. The highest BCUT2D eigenvalue weighted by atomic mass is 16.6. The zero-order valence-corrected chi connectivity index (χ0v) is 9.65. The van der Waals surface area contributed by atoms with Crippen molar-refractivity contribution in [2.45, 2.75) is 6.54 Å². The molecule has 0 radical (unpaired) electrons. The van der Waals surface area contributed by atoms with Gasteiger partial charge in [-0.1, -0.05) is 0 Å². The number of hydrogen-bond donors (Lipinski definition) is 1. The molecular formula is C11H8N6O2. The molecule has 8 heteroatoms. The Morgan fingerprint density at radius 2 is 2.26 bits per heavy atom. The molecule has 2 heterocycles.